The predicted molar refractivity (Wildman–Crippen MR) is 105 cm³/mol. The second-order valence-electron chi connectivity index (χ2n) is 8.26. The van der Waals surface area contributed by atoms with Crippen LogP contribution in [0.25, 0.3) is 0 Å². The molecule has 2 atom stereocenters. The molecule has 1 aliphatic heterocycles. The molecule has 2 rings (SSSR count). The van der Waals surface area contributed by atoms with Gasteiger partial charge in [-0.1, -0.05) is 6.92 Å². The number of aromatic carboxylic acids is 1. The van der Waals surface area contributed by atoms with Crippen molar-refractivity contribution >= 4 is 17.7 Å². The number of carbonyl (C=O) groups excluding carboxylic acids is 1. The summed E-state index contributed by atoms with van der Waals surface area (Å²) < 4.78 is 5.48. The number of phenolic OH excluding ortho intramolecular Hbond substituents is 1. The zero-order valence-electron chi connectivity index (χ0n) is 17.1. The van der Waals surface area contributed by atoms with Crippen molar-refractivity contribution in [2.45, 2.75) is 52.9 Å². The van der Waals surface area contributed by atoms with Crippen LogP contribution in [0.1, 0.15) is 50.5 Å². The van der Waals surface area contributed by atoms with Crippen LogP contribution in [0.15, 0.2) is 12.1 Å². The number of anilines is 1. The van der Waals surface area contributed by atoms with E-state index in [0.717, 1.165) is 0 Å². The number of carbonyl (C=O) groups is 2. The minimum Gasteiger partial charge on any atom is -0.506 e. The first-order valence-corrected chi connectivity index (χ1v) is 9.39. The number of benzene rings is 1. The number of amides is 1. The fourth-order valence-corrected chi connectivity index (χ4v) is 3.44. The number of carboxylic acid groups (broad SMARTS) is 1. The van der Waals surface area contributed by atoms with Crippen LogP contribution in [-0.4, -0.2) is 63.6 Å². The molecule has 0 saturated carbocycles. The van der Waals surface area contributed by atoms with Gasteiger partial charge in [-0.05, 0) is 45.7 Å². The van der Waals surface area contributed by atoms with E-state index in [9.17, 15) is 24.9 Å². The first kappa shape index (κ1) is 21.8. The van der Waals surface area contributed by atoms with Crippen molar-refractivity contribution in [1.82, 2.24) is 4.90 Å². The number of hydrogen-bond donors (Lipinski definition) is 3. The van der Waals surface area contributed by atoms with Crippen LogP contribution >= 0.6 is 0 Å². The van der Waals surface area contributed by atoms with E-state index < -0.39 is 24.3 Å². The van der Waals surface area contributed by atoms with Gasteiger partial charge in [0.15, 0.2) is 0 Å². The highest BCUT2D eigenvalue weighted by atomic mass is 16.6. The zero-order chi connectivity index (χ0) is 21.2. The number of hydrogen-bond acceptors (Lipinski definition) is 6. The Bertz CT molecular complexity index is 743. The van der Waals surface area contributed by atoms with Crippen molar-refractivity contribution in [3.8, 4) is 5.75 Å². The average Bonchev–Trinajstić information content (AvgIpc) is 2.72. The number of aliphatic hydroxyl groups excluding tert-OH is 1. The minimum absolute atomic E-state index is 0.0226. The van der Waals surface area contributed by atoms with Crippen molar-refractivity contribution in [3.05, 3.63) is 23.3 Å². The maximum atomic E-state index is 12.5. The van der Waals surface area contributed by atoms with Crippen molar-refractivity contribution < 1.29 is 29.6 Å². The molecule has 3 N–H and O–H groups in total. The third-order valence-electron chi connectivity index (χ3n) is 5.02. The normalized spacial score (nSPS) is 20.6. The van der Waals surface area contributed by atoms with Gasteiger partial charge in [0.25, 0.3) is 0 Å². The number of rotatable bonds is 3. The third kappa shape index (κ3) is 4.67. The number of carboxylic acids is 1. The molecular weight excluding hydrogens is 364 g/mol. The van der Waals surface area contributed by atoms with Gasteiger partial charge < -0.3 is 29.9 Å². The number of phenols is 1. The lowest BCUT2D eigenvalue weighted by atomic mass is 9.98. The summed E-state index contributed by atoms with van der Waals surface area (Å²) in [6.45, 7) is 10.0. The van der Waals surface area contributed by atoms with E-state index in [4.69, 9.17) is 4.74 Å². The summed E-state index contributed by atoms with van der Waals surface area (Å²) in [4.78, 5) is 27.5. The lowest BCUT2D eigenvalue weighted by Crippen LogP contribution is -2.40. The smallest absolute Gasteiger partial charge is 0.410 e. The molecule has 8 heteroatoms. The summed E-state index contributed by atoms with van der Waals surface area (Å²) >= 11 is 0. The highest BCUT2D eigenvalue weighted by molar-refractivity contribution is 5.92. The first-order valence-electron chi connectivity index (χ1n) is 9.39. The fraction of sp³-hybridized carbons (Fsp3) is 0.600. The Labute approximate surface area is 165 Å². The zero-order valence-corrected chi connectivity index (χ0v) is 17.1. The second-order valence-corrected chi connectivity index (χ2v) is 8.26. The van der Waals surface area contributed by atoms with Crippen LogP contribution in [0, 0.1) is 5.92 Å². The first-order chi connectivity index (χ1) is 13.0. The maximum Gasteiger partial charge on any atom is 0.410 e. The average molecular weight is 394 g/mol. The standard InChI is InChI=1S/C20H30N2O6/c1-12-10-21(19(27)28-20(3,4)5)8-9-22(13(12)2)17-15(11-23)14(18(25)26)6-7-16(17)24/h6-7,12-13,23-24H,8-11H2,1-5H3,(H,25,26)/t12-,13?/m1/s1. The molecule has 1 heterocycles. The molecule has 156 valence electrons. The van der Waals surface area contributed by atoms with Crippen molar-refractivity contribution in [1.29, 1.82) is 0 Å². The monoisotopic (exact) mass is 394 g/mol. The van der Waals surface area contributed by atoms with E-state index in [1.54, 1.807) is 4.90 Å². The molecule has 0 bridgehead atoms. The molecule has 1 unspecified atom stereocenters. The largest absolute Gasteiger partial charge is 0.506 e. The summed E-state index contributed by atoms with van der Waals surface area (Å²) in [7, 11) is 0. The Hall–Kier alpha value is -2.48. The van der Waals surface area contributed by atoms with Crippen LogP contribution in [0.4, 0.5) is 10.5 Å². The van der Waals surface area contributed by atoms with Gasteiger partial charge in [-0.25, -0.2) is 9.59 Å². The summed E-state index contributed by atoms with van der Waals surface area (Å²) in [6, 6.07) is 2.50. The Balaban J connectivity index is 2.39. The van der Waals surface area contributed by atoms with E-state index in [0.29, 0.717) is 25.3 Å². The van der Waals surface area contributed by atoms with Gasteiger partial charge in [0, 0.05) is 31.2 Å². The van der Waals surface area contributed by atoms with Crippen LogP contribution in [-0.2, 0) is 11.3 Å². The number of aliphatic hydroxyl groups is 1. The highest BCUT2D eigenvalue weighted by Crippen LogP contribution is 2.37. The molecule has 0 spiro atoms. The van der Waals surface area contributed by atoms with Gasteiger partial charge in [-0.2, -0.15) is 0 Å². The summed E-state index contributed by atoms with van der Waals surface area (Å²) in [5.41, 5.74) is -0.191. The van der Waals surface area contributed by atoms with E-state index in [-0.39, 0.29) is 28.8 Å². The lowest BCUT2D eigenvalue weighted by Gasteiger charge is -2.34. The lowest BCUT2D eigenvalue weighted by molar-refractivity contribution is 0.0242. The summed E-state index contributed by atoms with van der Waals surface area (Å²) in [6.07, 6.45) is -0.403. The highest BCUT2D eigenvalue weighted by Gasteiger charge is 2.33. The van der Waals surface area contributed by atoms with E-state index in [1.807, 2.05) is 39.5 Å². The summed E-state index contributed by atoms with van der Waals surface area (Å²) in [5, 5.41) is 29.7. The van der Waals surface area contributed by atoms with E-state index >= 15 is 0 Å². The fourth-order valence-electron chi connectivity index (χ4n) is 3.44. The molecular formula is C20H30N2O6. The van der Waals surface area contributed by atoms with E-state index in [1.165, 1.54) is 12.1 Å². The Morgan fingerprint density at radius 2 is 1.86 bits per heavy atom. The Kier molecular flexibility index (Phi) is 6.44. The van der Waals surface area contributed by atoms with Crippen LogP contribution in [0.3, 0.4) is 0 Å². The minimum atomic E-state index is -1.17. The molecule has 1 aromatic carbocycles. The van der Waals surface area contributed by atoms with Gasteiger partial charge in [-0.15, -0.1) is 0 Å². The number of ether oxygens (including phenoxy) is 1. The molecule has 0 aromatic heterocycles. The Morgan fingerprint density at radius 1 is 1.21 bits per heavy atom. The molecule has 28 heavy (non-hydrogen) atoms. The van der Waals surface area contributed by atoms with Gasteiger partial charge in [0.1, 0.15) is 11.4 Å². The topological polar surface area (TPSA) is 111 Å². The Morgan fingerprint density at radius 3 is 2.39 bits per heavy atom. The third-order valence-corrected chi connectivity index (χ3v) is 5.02. The SMILES string of the molecule is CC1[C@H](C)CN(C(=O)OC(C)(C)C)CCN1c1c(O)ccc(C(=O)O)c1CO. The van der Waals surface area contributed by atoms with Gasteiger partial charge in [0.05, 0.1) is 17.9 Å². The molecule has 1 saturated heterocycles. The molecule has 1 aliphatic rings. The second kappa shape index (κ2) is 8.26. The van der Waals surface area contributed by atoms with Crippen molar-refractivity contribution in [2.75, 3.05) is 24.5 Å². The molecule has 8 nitrogen and oxygen atoms in total. The molecule has 0 aliphatic carbocycles. The van der Waals surface area contributed by atoms with Crippen molar-refractivity contribution in [3.63, 3.8) is 0 Å². The maximum absolute atomic E-state index is 12.5. The molecule has 1 fully saturated rings. The van der Waals surface area contributed by atoms with Crippen LogP contribution < -0.4 is 4.90 Å². The van der Waals surface area contributed by atoms with E-state index in [2.05, 4.69) is 0 Å². The van der Waals surface area contributed by atoms with Gasteiger partial charge in [-0.3, -0.25) is 0 Å². The number of nitrogens with zero attached hydrogens (tertiary/aromatic N) is 2. The molecule has 0 radical (unpaired) electrons. The van der Waals surface area contributed by atoms with Crippen LogP contribution in [0.5, 0.6) is 5.75 Å². The quantitative estimate of drug-likeness (QED) is 0.723. The predicted octanol–water partition coefficient (Wildman–Crippen LogP) is 2.66. The van der Waals surface area contributed by atoms with Crippen LogP contribution in [0.2, 0.25) is 0 Å². The molecule has 1 aromatic rings. The summed E-state index contributed by atoms with van der Waals surface area (Å²) in [5.74, 6) is -1.25. The van der Waals surface area contributed by atoms with Crippen molar-refractivity contribution in [2.24, 2.45) is 5.92 Å². The van der Waals surface area contributed by atoms with Gasteiger partial charge >= 0.3 is 12.1 Å². The molecule has 1 amide bonds. The number of aromatic hydroxyl groups is 1. The van der Waals surface area contributed by atoms with Gasteiger partial charge in [0.2, 0.25) is 0 Å².